The van der Waals surface area contributed by atoms with E-state index in [1.54, 1.807) is 19.2 Å². The molecule has 0 aliphatic rings. The van der Waals surface area contributed by atoms with Crippen molar-refractivity contribution >= 4 is 11.9 Å². The summed E-state index contributed by atoms with van der Waals surface area (Å²) in [5.74, 6) is -0.830. The fraction of sp³-hybridized carbons (Fsp3) is 0.667. The Kier molecular flexibility index (Phi) is 15.4. The van der Waals surface area contributed by atoms with Crippen LogP contribution in [-0.2, 0) is 19.1 Å². The van der Waals surface area contributed by atoms with Crippen LogP contribution in [0.5, 0.6) is 0 Å². The van der Waals surface area contributed by atoms with Crippen LogP contribution >= 0.6 is 0 Å². The van der Waals surface area contributed by atoms with E-state index in [1.165, 1.54) is 12.2 Å². The number of rotatable bonds is 15. The fourth-order valence-corrected chi connectivity index (χ4v) is 1.92. The maximum Gasteiger partial charge on any atom is 0.332 e. The summed E-state index contributed by atoms with van der Waals surface area (Å²) in [4.78, 5) is 26.5. The second-order valence-electron chi connectivity index (χ2n) is 5.64. The van der Waals surface area contributed by atoms with E-state index in [1.807, 2.05) is 16.8 Å². The molecule has 0 aliphatic heterocycles. The van der Waals surface area contributed by atoms with E-state index in [9.17, 15) is 9.59 Å². The van der Waals surface area contributed by atoms with E-state index in [2.05, 4.69) is 0 Å². The molecule has 0 aromatic heterocycles. The first-order valence-electron chi connectivity index (χ1n) is 8.82. The molecule has 0 bridgehead atoms. The first-order valence-corrected chi connectivity index (χ1v) is 8.82. The number of likely N-dealkylation sites (N-methyl/N-ethyl adjacent to an activating group) is 1. The second kappa shape index (κ2) is 16.6. The number of ether oxygens (including phenoxy) is 2. The highest BCUT2D eigenvalue weighted by molar-refractivity contribution is 5.82. The van der Waals surface area contributed by atoms with Crippen LogP contribution in [0.4, 0.5) is 0 Å². The molecular weight excluding hydrogens is 340 g/mol. The van der Waals surface area contributed by atoms with Crippen LogP contribution in [0.25, 0.3) is 0 Å². The van der Waals surface area contributed by atoms with Crippen molar-refractivity contribution in [2.75, 3.05) is 59.7 Å². The van der Waals surface area contributed by atoms with E-state index < -0.39 is 5.97 Å². The van der Waals surface area contributed by atoms with Gasteiger partial charge in [0.25, 0.3) is 0 Å². The van der Waals surface area contributed by atoms with Crippen LogP contribution in [-0.4, -0.2) is 91.6 Å². The average molecular weight is 372 g/mol. The number of esters is 2. The van der Waals surface area contributed by atoms with Gasteiger partial charge in [0.1, 0.15) is 0 Å². The van der Waals surface area contributed by atoms with Gasteiger partial charge in [-0.1, -0.05) is 6.08 Å². The normalized spacial score (nSPS) is 11.4. The minimum atomic E-state index is -0.456. The molecule has 0 aromatic rings. The molecule has 0 spiro atoms. The molecule has 0 amide bonds. The van der Waals surface area contributed by atoms with Crippen LogP contribution < -0.4 is 0 Å². The molecule has 150 valence electrons. The molecule has 0 aliphatic carbocycles. The van der Waals surface area contributed by atoms with Gasteiger partial charge in [0.05, 0.1) is 26.4 Å². The molecule has 0 aromatic carbocycles. The van der Waals surface area contributed by atoms with Gasteiger partial charge in [0.2, 0.25) is 0 Å². The number of hydrogen-bond acceptors (Lipinski definition) is 8. The molecule has 0 saturated heterocycles. The Labute approximate surface area is 155 Å². The third-order valence-electron chi connectivity index (χ3n) is 3.39. The molecule has 0 radical (unpaired) electrons. The Balaban J connectivity index is 3.96. The number of carbonyl (C=O) groups is 2. The van der Waals surface area contributed by atoms with Crippen LogP contribution in [0.3, 0.4) is 0 Å². The standard InChI is InChI=1S/C18H32N2O6/c1-3-6-17(23)25-15-4-5-16-26-18(24)7-8-20(12-14-22)10-9-19(2)11-13-21/h3,6-8,21-22H,4-5,9-16H2,1-2H3/b6-3+,8-7+. The summed E-state index contributed by atoms with van der Waals surface area (Å²) >= 11 is 0. The van der Waals surface area contributed by atoms with Gasteiger partial charge in [-0.05, 0) is 26.8 Å². The molecule has 2 N–H and O–H groups in total. The lowest BCUT2D eigenvalue weighted by atomic mass is 10.3. The maximum absolute atomic E-state index is 11.7. The minimum Gasteiger partial charge on any atom is -0.463 e. The lowest BCUT2D eigenvalue weighted by Crippen LogP contribution is -2.33. The quantitative estimate of drug-likeness (QED) is 0.238. The zero-order chi connectivity index (χ0) is 19.6. The summed E-state index contributed by atoms with van der Waals surface area (Å²) in [6.07, 6.45) is 7.12. The lowest BCUT2D eigenvalue weighted by molar-refractivity contribution is -0.140. The van der Waals surface area contributed by atoms with Gasteiger partial charge in [-0.3, -0.25) is 0 Å². The summed E-state index contributed by atoms with van der Waals surface area (Å²) in [5.41, 5.74) is 0. The van der Waals surface area contributed by atoms with Gasteiger partial charge in [0.15, 0.2) is 0 Å². The molecule has 0 atom stereocenters. The second-order valence-corrected chi connectivity index (χ2v) is 5.64. The van der Waals surface area contributed by atoms with Gasteiger partial charge >= 0.3 is 11.9 Å². The molecule has 0 fully saturated rings. The van der Waals surface area contributed by atoms with Crippen molar-refractivity contribution in [3.05, 3.63) is 24.4 Å². The number of nitrogens with zero attached hydrogens (tertiary/aromatic N) is 2. The zero-order valence-electron chi connectivity index (χ0n) is 15.8. The van der Waals surface area contributed by atoms with Crippen molar-refractivity contribution in [1.29, 1.82) is 0 Å². The number of aliphatic hydroxyl groups excluding tert-OH is 2. The van der Waals surface area contributed by atoms with Gasteiger partial charge < -0.3 is 29.5 Å². The summed E-state index contributed by atoms with van der Waals surface area (Å²) in [6.45, 7) is 4.67. The molecule has 0 heterocycles. The van der Waals surface area contributed by atoms with Crippen LogP contribution in [0.15, 0.2) is 24.4 Å². The number of carbonyl (C=O) groups excluding carboxylic acids is 2. The van der Waals surface area contributed by atoms with Crippen molar-refractivity contribution in [2.45, 2.75) is 19.8 Å². The van der Waals surface area contributed by atoms with Crippen molar-refractivity contribution in [3.8, 4) is 0 Å². The number of allylic oxidation sites excluding steroid dienone is 1. The lowest BCUT2D eigenvalue weighted by Gasteiger charge is -2.23. The molecule has 26 heavy (non-hydrogen) atoms. The summed E-state index contributed by atoms with van der Waals surface area (Å²) in [7, 11) is 1.89. The number of unbranched alkanes of at least 4 members (excludes halogenated alkanes) is 1. The molecule has 8 heteroatoms. The predicted molar refractivity (Wildman–Crippen MR) is 98.3 cm³/mol. The van der Waals surface area contributed by atoms with Crippen LogP contribution in [0.2, 0.25) is 0 Å². The largest absolute Gasteiger partial charge is 0.463 e. The molecule has 0 unspecified atom stereocenters. The Morgan fingerprint density at radius 1 is 0.885 bits per heavy atom. The van der Waals surface area contributed by atoms with Gasteiger partial charge in [-0.15, -0.1) is 0 Å². The fourth-order valence-electron chi connectivity index (χ4n) is 1.92. The first kappa shape index (κ1) is 24.1. The summed E-state index contributed by atoms with van der Waals surface area (Å²) < 4.78 is 10.0. The van der Waals surface area contributed by atoms with Crippen molar-refractivity contribution < 1.29 is 29.3 Å². The van der Waals surface area contributed by atoms with Crippen molar-refractivity contribution in [1.82, 2.24) is 9.80 Å². The molecule has 8 nitrogen and oxygen atoms in total. The average Bonchev–Trinajstić information content (AvgIpc) is 2.60. The highest BCUT2D eigenvalue weighted by Crippen LogP contribution is 1.96. The minimum absolute atomic E-state index is 0.0188. The SMILES string of the molecule is C/C=C/C(=O)OCCCCOC(=O)/C=C/N(CCO)CCN(C)CCO. The Hall–Kier alpha value is -1.90. The molecular formula is C18H32N2O6. The monoisotopic (exact) mass is 372 g/mol. The maximum atomic E-state index is 11.7. The van der Waals surface area contributed by atoms with Gasteiger partial charge in [-0.2, -0.15) is 0 Å². The predicted octanol–water partition coefficient (Wildman–Crippen LogP) is 0.161. The van der Waals surface area contributed by atoms with Crippen molar-refractivity contribution in [2.24, 2.45) is 0 Å². The third kappa shape index (κ3) is 14.4. The van der Waals surface area contributed by atoms with Gasteiger partial charge in [0, 0.05) is 44.5 Å². The molecule has 0 rings (SSSR count). The van der Waals surface area contributed by atoms with Gasteiger partial charge in [-0.25, -0.2) is 9.59 Å². The van der Waals surface area contributed by atoms with Crippen LogP contribution in [0.1, 0.15) is 19.8 Å². The summed E-state index contributed by atoms with van der Waals surface area (Å²) in [6, 6.07) is 0. The van der Waals surface area contributed by atoms with E-state index in [0.29, 0.717) is 45.6 Å². The number of hydrogen-bond donors (Lipinski definition) is 2. The Morgan fingerprint density at radius 2 is 1.46 bits per heavy atom. The topological polar surface area (TPSA) is 99.5 Å². The summed E-state index contributed by atoms with van der Waals surface area (Å²) in [5, 5.41) is 18.0. The zero-order valence-corrected chi connectivity index (χ0v) is 15.8. The highest BCUT2D eigenvalue weighted by atomic mass is 16.5. The molecule has 0 saturated carbocycles. The van der Waals surface area contributed by atoms with E-state index in [4.69, 9.17) is 19.7 Å². The Bertz CT molecular complexity index is 439. The van der Waals surface area contributed by atoms with E-state index >= 15 is 0 Å². The highest BCUT2D eigenvalue weighted by Gasteiger charge is 2.04. The van der Waals surface area contributed by atoms with E-state index in [-0.39, 0.29) is 25.8 Å². The first-order chi connectivity index (χ1) is 12.5. The Morgan fingerprint density at radius 3 is 2.00 bits per heavy atom. The van der Waals surface area contributed by atoms with E-state index in [0.717, 1.165) is 0 Å². The third-order valence-corrected chi connectivity index (χ3v) is 3.39. The van der Waals surface area contributed by atoms with Crippen LogP contribution in [0, 0.1) is 0 Å². The smallest absolute Gasteiger partial charge is 0.332 e. The van der Waals surface area contributed by atoms with Crippen molar-refractivity contribution in [3.63, 3.8) is 0 Å². The number of aliphatic hydroxyl groups is 2.